The van der Waals surface area contributed by atoms with E-state index in [-0.39, 0.29) is 4.00 Å². The molecule has 0 aromatic heterocycles. The smallest absolute Gasteiger partial charge is 0.219 e. The third-order valence-corrected chi connectivity index (χ3v) is 2.74. The lowest BCUT2D eigenvalue weighted by atomic mass is 10.0. The average Bonchev–Trinajstić information content (AvgIpc) is 2.41. The molecule has 0 radical (unpaired) electrons. The normalized spacial score (nSPS) is 31.9. The van der Waals surface area contributed by atoms with E-state index in [0.29, 0.717) is 0 Å². The van der Waals surface area contributed by atoms with Crippen molar-refractivity contribution in [1.29, 1.82) is 0 Å². The maximum atomic E-state index is 6.29. The number of quaternary nitrogens is 1. The number of aliphatic imine (C=N–C) groups is 2. The highest BCUT2D eigenvalue weighted by atomic mass is 35.5. The van der Waals surface area contributed by atoms with Crippen molar-refractivity contribution >= 4 is 24.3 Å². The first-order valence-electron chi connectivity index (χ1n) is 4.27. The van der Waals surface area contributed by atoms with E-state index in [2.05, 4.69) is 9.98 Å². The average molecular weight is 205 g/mol. The van der Waals surface area contributed by atoms with E-state index in [1.54, 1.807) is 25.0 Å². The maximum Gasteiger partial charge on any atom is 0.219 e. The van der Waals surface area contributed by atoms with Crippen LogP contribution in [0.2, 0.25) is 0 Å². The van der Waals surface area contributed by atoms with Crippen LogP contribution >= 0.6 is 11.8 Å². The summed E-state index contributed by atoms with van der Waals surface area (Å²) in [4.78, 5) is 8.37. The third-order valence-electron chi connectivity index (χ3n) is 2.36. The Balaban J connectivity index is 2.14. The molecule has 0 bridgehead atoms. The maximum absolute atomic E-state index is 6.29. The van der Waals surface area contributed by atoms with Crippen LogP contribution in [-0.4, -0.2) is 16.6 Å². The van der Waals surface area contributed by atoms with E-state index >= 15 is 0 Å². The molecule has 0 aromatic carbocycles. The van der Waals surface area contributed by atoms with Crippen molar-refractivity contribution in [1.82, 2.24) is 0 Å². The predicted molar refractivity (Wildman–Crippen MR) is 56.5 cm³/mol. The van der Waals surface area contributed by atoms with Crippen LogP contribution in [-0.2, 0) is 0 Å². The lowest BCUT2D eigenvalue weighted by Crippen LogP contribution is -2.29. The summed E-state index contributed by atoms with van der Waals surface area (Å²) in [7, 11) is 0. The van der Waals surface area contributed by atoms with Crippen molar-refractivity contribution in [2.45, 2.75) is 0 Å². The van der Waals surface area contributed by atoms with Gasteiger partial charge < -0.3 is 0 Å². The van der Waals surface area contributed by atoms with Gasteiger partial charge in [0.2, 0.25) is 12.0 Å². The Bertz CT molecular complexity index is 480. The summed E-state index contributed by atoms with van der Waals surface area (Å²) in [5.74, 6) is 0. The van der Waals surface area contributed by atoms with Crippen molar-refractivity contribution in [3.8, 4) is 0 Å². The van der Waals surface area contributed by atoms with E-state index in [1.807, 2.05) is 18.2 Å². The standard InChI is InChI=1S/C10H7ClN3/c11-14-5-4-12-6-9(14)10(13-7-14)8-2-1-3-8/h1-7H/q+1. The van der Waals surface area contributed by atoms with E-state index in [0.717, 1.165) is 17.0 Å². The first kappa shape index (κ1) is 7.91. The van der Waals surface area contributed by atoms with Crippen molar-refractivity contribution in [3.63, 3.8) is 0 Å². The molecule has 0 spiro atoms. The zero-order chi connectivity index (χ0) is 9.60. The van der Waals surface area contributed by atoms with Crippen LogP contribution in [0, 0.1) is 0 Å². The molecule has 0 fully saturated rings. The first-order chi connectivity index (χ1) is 6.80. The second-order valence-corrected chi connectivity index (χ2v) is 3.78. The summed E-state index contributed by atoms with van der Waals surface area (Å²) in [6, 6.07) is 0. The Labute approximate surface area is 86.4 Å². The fourth-order valence-electron chi connectivity index (χ4n) is 1.52. The monoisotopic (exact) mass is 204 g/mol. The fraction of sp³-hybridized carbons (Fsp3) is 0. The molecule has 3 rings (SSSR count). The van der Waals surface area contributed by atoms with Crippen LogP contribution in [0.5, 0.6) is 0 Å². The van der Waals surface area contributed by atoms with E-state index in [4.69, 9.17) is 11.8 Å². The summed E-state index contributed by atoms with van der Waals surface area (Å²) in [6.45, 7) is 0. The molecule has 0 amide bonds. The highest BCUT2D eigenvalue weighted by molar-refractivity contribution is 6.14. The molecule has 2 heterocycles. The van der Waals surface area contributed by atoms with Gasteiger partial charge in [-0.3, -0.25) is 4.99 Å². The molecule has 14 heavy (non-hydrogen) atoms. The molecule has 68 valence electrons. The molecule has 4 heteroatoms. The number of allylic oxidation sites excluding steroid dienone is 4. The van der Waals surface area contributed by atoms with E-state index < -0.39 is 0 Å². The van der Waals surface area contributed by atoms with Crippen molar-refractivity contribution in [3.05, 3.63) is 47.6 Å². The molecule has 0 aromatic rings. The van der Waals surface area contributed by atoms with Gasteiger partial charge in [0.05, 0.1) is 12.4 Å². The quantitative estimate of drug-likeness (QED) is 0.586. The molecule has 0 saturated heterocycles. The van der Waals surface area contributed by atoms with Crippen molar-refractivity contribution in [2.24, 2.45) is 9.98 Å². The summed E-state index contributed by atoms with van der Waals surface area (Å²) < 4.78 is 0.101. The number of fused-ring (bicyclic) bond motifs is 1. The van der Waals surface area contributed by atoms with Crippen molar-refractivity contribution in [2.75, 3.05) is 0 Å². The van der Waals surface area contributed by atoms with Gasteiger partial charge >= 0.3 is 0 Å². The second kappa shape index (κ2) is 2.53. The number of halogens is 1. The van der Waals surface area contributed by atoms with E-state index in [1.165, 1.54) is 0 Å². The summed E-state index contributed by atoms with van der Waals surface area (Å²) in [5, 5.41) is 0. The zero-order valence-corrected chi connectivity index (χ0v) is 8.02. The Morgan fingerprint density at radius 2 is 2.21 bits per heavy atom. The molecule has 0 N–H and O–H groups in total. The van der Waals surface area contributed by atoms with Crippen LogP contribution in [0.25, 0.3) is 0 Å². The van der Waals surface area contributed by atoms with Gasteiger partial charge in [0.1, 0.15) is 11.9 Å². The second-order valence-electron chi connectivity index (χ2n) is 3.22. The number of nitrogens with zero attached hydrogens (tertiary/aromatic N) is 3. The van der Waals surface area contributed by atoms with E-state index in [9.17, 15) is 0 Å². The minimum Gasteiger partial charge on any atom is -0.253 e. The van der Waals surface area contributed by atoms with Crippen LogP contribution < -0.4 is 0 Å². The fourth-order valence-corrected chi connectivity index (χ4v) is 1.74. The Kier molecular flexibility index (Phi) is 1.43. The summed E-state index contributed by atoms with van der Waals surface area (Å²) >= 11 is 6.29. The Morgan fingerprint density at radius 3 is 2.93 bits per heavy atom. The van der Waals surface area contributed by atoms with Gasteiger partial charge in [-0.2, -0.15) is 4.99 Å². The van der Waals surface area contributed by atoms with Gasteiger partial charge in [-0.25, -0.2) is 0 Å². The largest absolute Gasteiger partial charge is 0.253 e. The van der Waals surface area contributed by atoms with Crippen LogP contribution in [0.4, 0.5) is 0 Å². The molecule has 1 unspecified atom stereocenters. The Hall–Kier alpha value is -1.45. The van der Waals surface area contributed by atoms with Gasteiger partial charge in [-0.1, -0.05) is 18.2 Å². The van der Waals surface area contributed by atoms with Crippen LogP contribution in [0.3, 0.4) is 0 Å². The lowest BCUT2D eigenvalue weighted by Gasteiger charge is -2.17. The van der Waals surface area contributed by atoms with Gasteiger partial charge in [-0.05, 0) is 0 Å². The minimum absolute atomic E-state index is 0.101. The van der Waals surface area contributed by atoms with Gasteiger partial charge in [0, 0.05) is 5.57 Å². The molecule has 3 aliphatic rings. The van der Waals surface area contributed by atoms with Crippen LogP contribution in [0.1, 0.15) is 0 Å². The van der Waals surface area contributed by atoms with Crippen molar-refractivity contribution < 1.29 is 4.00 Å². The topological polar surface area (TPSA) is 24.7 Å². The molecular formula is C10H7ClN3+. The molecule has 2 aliphatic heterocycles. The van der Waals surface area contributed by atoms with Gasteiger partial charge in [0.15, 0.2) is 11.8 Å². The molecule has 1 aliphatic carbocycles. The zero-order valence-electron chi connectivity index (χ0n) is 7.26. The SMILES string of the molecule is Cl[N+]12C=CN=CC1=C(C1=CC=C1)N=C2. The third kappa shape index (κ3) is 0.908. The lowest BCUT2D eigenvalue weighted by molar-refractivity contribution is -0.592. The summed E-state index contributed by atoms with van der Waals surface area (Å²) in [6.07, 6.45) is 12.9. The molecular weight excluding hydrogens is 198 g/mol. The molecule has 3 nitrogen and oxygen atoms in total. The number of hydrogen-bond donors (Lipinski definition) is 0. The highest BCUT2D eigenvalue weighted by Crippen LogP contribution is 2.35. The minimum atomic E-state index is 0.101. The molecule has 1 atom stereocenters. The van der Waals surface area contributed by atoms with Crippen LogP contribution in [0.15, 0.2) is 57.6 Å². The number of rotatable bonds is 1. The predicted octanol–water partition coefficient (Wildman–Crippen LogP) is 2.26. The number of hydrogen-bond acceptors (Lipinski definition) is 2. The first-order valence-corrected chi connectivity index (χ1v) is 4.61. The molecule has 0 saturated carbocycles. The Morgan fingerprint density at radius 1 is 1.36 bits per heavy atom. The summed E-state index contributed by atoms with van der Waals surface area (Å²) in [5.41, 5.74) is 2.93. The van der Waals surface area contributed by atoms with Gasteiger partial charge in [-0.15, -0.1) is 4.00 Å². The highest BCUT2D eigenvalue weighted by Gasteiger charge is 2.38. The van der Waals surface area contributed by atoms with Gasteiger partial charge in [0.25, 0.3) is 0 Å².